The van der Waals surface area contributed by atoms with Crippen molar-refractivity contribution in [2.24, 2.45) is 11.7 Å². The average molecular weight is 278 g/mol. The molecule has 6 heteroatoms. The standard InChI is InChI=1S/C13H18N4OS/c1-8-11(19-7-15-8)13-17-16-12(18-13)10-4-2-9(6-14)3-5-10/h7,9-10H,2-6,14H2,1H3. The average Bonchev–Trinajstić information content (AvgIpc) is 3.07. The van der Waals surface area contributed by atoms with E-state index in [1.165, 1.54) is 12.8 Å². The Morgan fingerprint density at radius 3 is 2.74 bits per heavy atom. The van der Waals surface area contributed by atoms with Crippen molar-refractivity contribution < 1.29 is 4.42 Å². The van der Waals surface area contributed by atoms with Gasteiger partial charge in [0, 0.05) is 5.92 Å². The number of hydrogen-bond acceptors (Lipinski definition) is 6. The maximum Gasteiger partial charge on any atom is 0.259 e. The largest absolute Gasteiger partial charge is 0.420 e. The summed E-state index contributed by atoms with van der Waals surface area (Å²) in [5.74, 6) is 2.45. The van der Waals surface area contributed by atoms with Crippen LogP contribution in [0.3, 0.4) is 0 Å². The molecule has 5 nitrogen and oxygen atoms in total. The third kappa shape index (κ3) is 2.55. The molecule has 3 rings (SSSR count). The van der Waals surface area contributed by atoms with Gasteiger partial charge < -0.3 is 10.2 Å². The Morgan fingerprint density at radius 2 is 2.11 bits per heavy atom. The van der Waals surface area contributed by atoms with Crippen molar-refractivity contribution in [3.05, 3.63) is 17.1 Å². The van der Waals surface area contributed by atoms with Crippen LogP contribution in [0.15, 0.2) is 9.93 Å². The van der Waals surface area contributed by atoms with Crippen LogP contribution in [0, 0.1) is 12.8 Å². The smallest absolute Gasteiger partial charge is 0.259 e. The van der Waals surface area contributed by atoms with E-state index in [-0.39, 0.29) is 0 Å². The van der Waals surface area contributed by atoms with Crippen LogP contribution in [-0.4, -0.2) is 21.7 Å². The van der Waals surface area contributed by atoms with Crippen LogP contribution >= 0.6 is 11.3 Å². The van der Waals surface area contributed by atoms with Gasteiger partial charge in [-0.25, -0.2) is 4.98 Å². The first-order chi connectivity index (χ1) is 9.28. The molecule has 0 saturated heterocycles. The van der Waals surface area contributed by atoms with Crippen LogP contribution in [0.25, 0.3) is 10.8 Å². The molecule has 0 unspecified atom stereocenters. The number of hydrogen-bond donors (Lipinski definition) is 1. The van der Waals surface area contributed by atoms with Crippen LogP contribution in [0.1, 0.15) is 43.2 Å². The Morgan fingerprint density at radius 1 is 1.32 bits per heavy atom. The summed E-state index contributed by atoms with van der Waals surface area (Å²) in [6.45, 7) is 2.75. The van der Waals surface area contributed by atoms with Crippen molar-refractivity contribution in [3.63, 3.8) is 0 Å². The topological polar surface area (TPSA) is 77.8 Å². The molecule has 0 aromatic carbocycles. The summed E-state index contributed by atoms with van der Waals surface area (Å²) in [6, 6.07) is 0. The Kier molecular flexibility index (Phi) is 3.61. The summed E-state index contributed by atoms with van der Waals surface area (Å²) in [5.41, 5.74) is 8.47. The van der Waals surface area contributed by atoms with Gasteiger partial charge in [0.2, 0.25) is 5.89 Å². The molecule has 0 amide bonds. The molecule has 1 saturated carbocycles. The molecule has 102 valence electrons. The molecule has 1 aliphatic rings. The van der Waals surface area contributed by atoms with E-state index >= 15 is 0 Å². The lowest BCUT2D eigenvalue weighted by Gasteiger charge is -2.25. The number of nitrogens with zero attached hydrogens (tertiary/aromatic N) is 3. The van der Waals surface area contributed by atoms with Gasteiger partial charge >= 0.3 is 0 Å². The molecule has 2 N–H and O–H groups in total. The molecule has 0 aliphatic heterocycles. The summed E-state index contributed by atoms with van der Waals surface area (Å²) in [6.07, 6.45) is 4.53. The Bertz CT molecular complexity index is 542. The molecule has 1 aliphatic carbocycles. The fourth-order valence-corrected chi connectivity index (χ4v) is 3.37. The molecule has 0 bridgehead atoms. The highest BCUT2D eigenvalue weighted by molar-refractivity contribution is 7.13. The van der Waals surface area contributed by atoms with Crippen molar-refractivity contribution in [1.29, 1.82) is 0 Å². The van der Waals surface area contributed by atoms with Gasteiger partial charge in [0.05, 0.1) is 11.2 Å². The number of thiazole rings is 1. The zero-order valence-corrected chi connectivity index (χ0v) is 11.8. The number of rotatable bonds is 3. The first kappa shape index (κ1) is 12.7. The van der Waals surface area contributed by atoms with E-state index in [1.54, 1.807) is 16.8 Å². The maximum atomic E-state index is 5.83. The van der Waals surface area contributed by atoms with Crippen molar-refractivity contribution in [2.45, 2.75) is 38.5 Å². The first-order valence-corrected chi connectivity index (χ1v) is 7.59. The fraction of sp³-hybridized carbons (Fsp3) is 0.615. The molecule has 0 radical (unpaired) electrons. The van der Waals surface area contributed by atoms with Crippen molar-refractivity contribution in [1.82, 2.24) is 15.2 Å². The minimum Gasteiger partial charge on any atom is -0.420 e. The minimum absolute atomic E-state index is 0.400. The van der Waals surface area contributed by atoms with Crippen LogP contribution in [0.5, 0.6) is 0 Å². The van der Waals surface area contributed by atoms with Gasteiger partial charge in [0.15, 0.2) is 0 Å². The van der Waals surface area contributed by atoms with Gasteiger partial charge in [-0.3, -0.25) is 0 Å². The lowest BCUT2D eigenvalue weighted by Crippen LogP contribution is -2.20. The van der Waals surface area contributed by atoms with E-state index in [0.717, 1.165) is 35.8 Å². The van der Waals surface area contributed by atoms with Gasteiger partial charge in [-0.05, 0) is 45.1 Å². The molecule has 2 aromatic rings. The molecule has 2 aromatic heterocycles. The third-order valence-electron chi connectivity index (χ3n) is 3.91. The summed E-state index contributed by atoms with van der Waals surface area (Å²) < 4.78 is 5.83. The molecule has 19 heavy (non-hydrogen) atoms. The molecule has 0 spiro atoms. The van der Waals surface area contributed by atoms with Gasteiger partial charge in [0.1, 0.15) is 4.88 Å². The van der Waals surface area contributed by atoms with Gasteiger partial charge in [-0.15, -0.1) is 21.5 Å². The van der Waals surface area contributed by atoms with Gasteiger partial charge in [-0.1, -0.05) is 0 Å². The second kappa shape index (κ2) is 5.38. The van der Waals surface area contributed by atoms with Crippen LogP contribution in [0.4, 0.5) is 0 Å². The highest BCUT2D eigenvalue weighted by atomic mass is 32.1. The lowest BCUT2D eigenvalue weighted by molar-refractivity contribution is 0.299. The van der Waals surface area contributed by atoms with E-state index in [4.69, 9.17) is 10.2 Å². The molecular weight excluding hydrogens is 260 g/mol. The third-order valence-corrected chi connectivity index (χ3v) is 4.83. The predicted octanol–water partition coefficient (Wildman–Crippen LogP) is 2.73. The zero-order valence-electron chi connectivity index (χ0n) is 11.0. The highest BCUT2D eigenvalue weighted by Crippen LogP contribution is 2.36. The second-order valence-corrected chi connectivity index (χ2v) is 6.02. The fourth-order valence-electron chi connectivity index (χ4n) is 2.64. The summed E-state index contributed by atoms with van der Waals surface area (Å²) >= 11 is 1.54. The predicted molar refractivity (Wildman–Crippen MR) is 73.9 cm³/mol. The first-order valence-electron chi connectivity index (χ1n) is 6.72. The van der Waals surface area contributed by atoms with E-state index in [1.807, 2.05) is 6.92 Å². The highest BCUT2D eigenvalue weighted by Gasteiger charge is 2.26. The molecule has 0 atom stereocenters. The van der Waals surface area contributed by atoms with Crippen LogP contribution in [0.2, 0.25) is 0 Å². The number of aryl methyl sites for hydroxylation is 1. The Hall–Kier alpha value is -1.27. The lowest BCUT2D eigenvalue weighted by atomic mass is 9.82. The minimum atomic E-state index is 0.400. The SMILES string of the molecule is Cc1ncsc1-c1nnc(C2CCC(CN)CC2)o1. The van der Waals surface area contributed by atoms with E-state index in [0.29, 0.717) is 17.7 Å². The Balaban J connectivity index is 1.74. The summed E-state index contributed by atoms with van der Waals surface area (Å²) in [4.78, 5) is 5.19. The van der Waals surface area contributed by atoms with Crippen molar-refractivity contribution >= 4 is 11.3 Å². The monoisotopic (exact) mass is 278 g/mol. The van der Waals surface area contributed by atoms with Crippen molar-refractivity contribution in [3.8, 4) is 10.8 Å². The number of aromatic nitrogens is 3. The van der Waals surface area contributed by atoms with Crippen LogP contribution in [-0.2, 0) is 0 Å². The molecule has 1 fully saturated rings. The van der Waals surface area contributed by atoms with E-state index < -0.39 is 0 Å². The molecular formula is C13H18N4OS. The zero-order chi connectivity index (χ0) is 13.2. The van der Waals surface area contributed by atoms with Crippen LogP contribution < -0.4 is 5.73 Å². The quantitative estimate of drug-likeness (QED) is 0.934. The maximum absolute atomic E-state index is 5.83. The van der Waals surface area contributed by atoms with E-state index in [9.17, 15) is 0 Å². The normalized spacial score (nSPS) is 23.7. The van der Waals surface area contributed by atoms with E-state index in [2.05, 4.69) is 15.2 Å². The van der Waals surface area contributed by atoms with Gasteiger partial charge in [-0.2, -0.15) is 0 Å². The summed E-state index contributed by atoms with van der Waals surface area (Å²) in [7, 11) is 0. The Labute approximate surface area is 116 Å². The molecule has 2 heterocycles. The van der Waals surface area contributed by atoms with Gasteiger partial charge in [0.25, 0.3) is 5.89 Å². The second-order valence-electron chi connectivity index (χ2n) is 5.17. The number of nitrogens with two attached hydrogens (primary N) is 1. The van der Waals surface area contributed by atoms with Crippen molar-refractivity contribution in [2.75, 3.05) is 6.54 Å². The summed E-state index contributed by atoms with van der Waals surface area (Å²) in [5, 5.41) is 8.38.